The molecule has 0 aliphatic heterocycles. The van der Waals surface area contributed by atoms with Crippen molar-refractivity contribution < 1.29 is 31.2 Å². The van der Waals surface area contributed by atoms with Crippen molar-refractivity contribution >= 4 is 27.5 Å². The van der Waals surface area contributed by atoms with Crippen molar-refractivity contribution in [2.45, 2.75) is 56.9 Å². The fraction of sp³-hybridized carbons (Fsp3) is 0.310. The van der Waals surface area contributed by atoms with Gasteiger partial charge in [0.2, 0.25) is 11.8 Å². The number of hydrogen-bond donors (Lipinski definition) is 1. The fourth-order valence-electron chi connectivity index (χ4n) is 4.17. The van der Waals surface area contributed by atoms with Gasteiger partial charge in [0.1, 0.15) is 12.6 Å². The number of carbonyl (C=O) groups excluding carboxylic acids is 2. The van der Waals surface area contributed by atoms with E-state index in [0.717, 1.165) is 12.1 Å². The molecule has 7 nitrogen and oxygen atoms in total. The van der Waals surface area contributed by atoms with Gasteiger partial charge in [-0.05, 0) is 56.2 Å². The molecule has 0 bridgehead atoms. The highest BCUT2D eigenvalue weighted by Crippen LogP contribution is 2.33. The van der Waals surface area contributed by atoms with E-state index in [-0.39, 0.29) is 29.6 Å². The molecule has 1 atom stereocenters. The number of rotatable bonds is 11. The molecule has 1 unspecified atom stereocenters. The largest absolute Gasteiger partial charge is 0.416 e. The van der Waals surface area contributed by atoms with Crippen LogP contribution in [0.5, 0.6) is 0 Å². The van der Waals surface area contributed by atoms with Gasteiger partial charge >= 0.3 is 6.18 Å². The van der Waals surface area contributed by atoms with Crippen LogP contribution in [0.1, 0.15) is 38.3 Å². The molecule has 3 aromatic carbocycles. The van der Waals surface area contributed by atoms with Crippen molar-refractivity contribution in [3.8, 4) is 0 Å². The molecule has 0 fully saturated rings. The van der Waals surface area contributed by atoms with E-state index in [2.05, 4.69) is 5.32 Å². The van der Waals surface area contributed by atoms with Crippen LogP contribution in [-0.2, 0) is 32.3 Å². The van der Waals surface area contributed by atoms with Crippen LogP contribution in [0.15, 0.2) is 89.8 Å². The Bertz CT molecular complexity index is 1400. The summed E-state index contributed by atoms with van der Waals surface area (Å²) >= 11 is 0. The van der Waals surface area contributed by atoms with Crippen LogP contribution in [0.4, 0.5) is 18.9 Å². The van der Waals surface area contributed by atoms with E-state index in [1.165, 1.54) is 35.2 Å². The molecular formula is C29H32F3N3O4S. The topological polar surface area (TPSA) is 86.8 Å². The maximum absolute atomic E-state index is 13.9. The van der Waals surface area contributed by atoms with Gasteiger partial charge in [-0.3, -0.25) is 13.9 Å². The molecule has 0 saturated heterocycles. The van der Waals surface area contributed by atoms with E-state index >= 15 is 0 Å². The summed E-state index contributed by atoms with van der Waals surface area (Å²) in [6.45, 7) is 4.44. The first-order valence-electron chi connectivity index (χ1n) is 12.7. The van der Waals surface area contributed by atoms with Gasteiger partial charge < -0.3 is 10.2 Å². The first-order chi connectivity index (χ1) is 18.8. The third-order valence-electron chi connectivity index (χ3n) is 6.08. The molecule has 1 N–H and O–H groups in total. The zero-order chi connectivity index (χ0) is 29.5. The van der Waals surface area contributed by atoms with Crippen LogP contribution in [0, 0.1) is 0 Å². The Kier molecular flexibility index (Phi) is 9.97. The Morgan fingerprint density at radius 3 is 2.05 bits per heavy atom. The van der Waals surface area contributed by atoms with E-state index in [9.17, 15) is 31.2 Å². The third kappa shape index (κ3) is 7.62. The molecule has 0 spiro atoms. The second-order valence-corrected chi connectivity index (χ2v) is 11.3. The second-order valence-electron chi connectivity index (χ2n) is 9.47. The van der Waals surface area contributed by atoms with E-state index in [1.807, 2.05) is 0 Å². The molecule has 40 heavy (non-hydrogen) atoms. The number of hydrogen-bond acceptors (Lipinski definition) is 4. The third-order valence-corrected chi connectivity index (χ3v) is 7.87. The lowest BCUT2D eigenvalue weighted by Gasteiger charge is -2.33. The van der Waals surface area contributed by atoms with Crippen LogP contribution in [0.3, 0.4) is 0 Å². The van der Waals surface area contributed by atoms with Crippen LogP contribution >= 0.6 is 0 Å². The molecule has 0 aliphatic rings. The number of halogens is 3. The van der Waals surface area contributed by atoms with Gasteiger partial charge in [-0.15, -0.1) is 0 Å². The van der Waals surface area contributed by atoms with Gasteiger partial charge in [0.15, 0.2) is 0 Å². The summed E-state index contributed by atoms with van der Waals surface area (Å²) in [6.07, 6.45) is -4.50. The second kappa shape index (κ2) is 13.0. The van der Waals surface area contributed by atoms with Crippen LogP contribution in [-0.4, -0.2) is 43.8 Å². The first kappa shape index (κ1) is 30.7. The van der Waals surface area contributed by atoms with E-state index < -0.39 is 46.2 Å². The van der Waals surface area contributed by atoms with Gasteiger partial charge in [-0.25, -0.2) is 8.42 Å². The Balaban J connectivity index is 2.10. The lowest BCUT2D eigenvalue weighted by Crippen LogP contribution is -2.53. The Morgan fingerprint density at radius 2 is 1.50 bits per heavy atom. The number of anilines is 1. The summed E-state index contributed by atoms with van der Waals surface area (Å²) in [6, 6.07) is 18.6. The zero-order valence-electron chi connectivity index (χ0n) is 22.4. The normalized spacial score (nSPS) is 12.6. The molecule has 2 amide bonds. The fourth-order valence-corrected chi connectivity index (χ4v) is 5.59. The smallest absolute Gasteiger partial charge is 0.352 e. The summed E-state index contributed by atoms with van der Waals surface area (Å²) in [7, 11) is -4.47. The minimum absolute atomic E-state index is 0.00842. The summed E-state index contributed by atoms with van der Waals surface area (Å²) < 4.78 is 68.7. The lowest BCUT2D eigenvalue weighted by molar-refractivity contribution is -0.140. The standard InChI is InChI=1S/C29H32F3N3O4S/c1-4-26(28(37)33-21(2)3)34(19-22-12-7-5-8-13-22)27(36)20-35(40(38,39)25-16-9-6-10-17-25)24-15-11-14-23(18-24)29(30,31)32/h5-18,21,26H,4,19-20H2,1-3H3,(H,33,37). The quantitative estimate of drug-likeness (QED) is 0.339. The van der Waals surface area contributed by atoms with E-state index in [0.29, 0.717) is 15.9 Å². The van der Waals surface area contributed by atoms with Crippen molar-refractivity contribution in [3.63, 3.8) is 0 Å². The number of amides is 2. The average molecular weight is 576 g/mol. The number of nitrogens with one attached hydrogen (secondary N) is 1. The zero-order valence-corrected chi connectivity index (χ0v) is 23.2. The van der Waals surface area contributed by atoms with Crippen molar-refractivity contribution in [2.75, 3.05) is 10.8 Å². The van der Waals surface area contributed by atoms with E-state index in [4.69, 9.17) is 0 Å². The number of benzene rings is 3. The molecule has 0 aliphatic carbocycles. The highest BCUT2D eigenvalue weighted by molar-refractivity contribution is 7.92. The highest BCUT2D eigenvalue weighted by atomic mass is 32.2. The van der Waals surface area contributed by atoms with Crippen molar-refractivity contribution in [3.05, 3.63) is 96.1 Å². The lowest BCUT2D eigenvalue weighted by atomic mass is 10.1. The molecule has 0 aromatic heterocycles. The molecule has 3 aromatic rings. The molecule has 214 valence electrons. The number of nitrogens with zero attached hydrogens (tertiary/aromatic N) is 2. The molecule has 3 rings (SSSR count). The monoisotopic (exact) mass is 575 g/mol. The summed E-state index contributed by atoms with van der Waals surface area (Å²) in [4.78, 5) is 28.1. The Morgan fingerprint density at radius 1 is 0.900 bits per heavy atom. The van der Waals surface area contributed by atoms with Gasteiger partial charge in [0, 0.05) is 12.6 Å². The molecule has 0 heterocycles. The van der Waals surface area contributed by atoms with Crippen LogP contribution < -0.4 is 9.62 Å². The molecular weight excluding hydrogens is 543 g/mol. The van der Waals surface area contributed by atoms with E-state index in [1.54, 1.807) is 57.2 Å². The number of alkyl halides is 3. The van der Waals surface area contributed by atoms with Gasteiger partial charge in [0.25, 0.3) is 10.0 Å². The highest BCUT2D eigenvalue weighted by Gasteiger charge is 2.36. The summed E-state index contributed by atoms with van der Waals surface area (Å²) in [5.41, 5.74) is -0.691. The van der Waals surface area contributed by atoms with Crippen molar-refractivity contribution in [1.82, 2.24) is 10.2 Å². The van der Waals surface area contributed by atoms with Crippen LogP contribution in [0.2, 0.25) is 0 Å². The predicted octanol–water partition coefficient (Wildman–Crippen LogP) is 5.23. The minimum atomic E-state index is -4.73. The van der Waals surface area contributed by atoms with Crippen LogP contribution in [0.25, 0.3) is 0 Å². The van der Waals surface area contributed by atoms with Gasteiger partial charge in [-0.1, -0.05) is 61.5 Å². The summed E-state index contributed by atoms with van der Waals surface area (Å²) in [5, 5.41) is 2.79. The maximum atomic E-state index is 13.9. The van der Waals surface area contributed by atoms with Crippen molar-refractivity contribution in [2.24, 2.45) is 0 Å². The number of carbonyl (C=O) groups is 2. The number of sulfonamides is 1. The molecule has 0 radical (unpaired) electrons. The molecule has 11 heteroatoms. The van der Waals surface area contributed by atoms with Crippen molar-refractivity contribution in [1.29, 1.82) is 0 Å². The van der Waals surface area contributed by atoms with Gasteiger partial charge in [-0.2, -0.15) is 13.2 Å². The SMILES string of the molecule is CCC(C(=O)NC(C)C)N(Cc1ccccc1)C(=O)CN(c1cccc(C(F)(F)F)c1)S(=O)(=O)c1ccccc1. The predicted molar refractivity (Wildman–Crippen MR) is 147 cm³/mol. The molecule has 0 saturated carbocycles. The minimum Gasteiger partial charge on any atom is -0.352 e. The van der Waals surface area contributed by atoms with Gasteiger partial charge in [0.05, 0.1) is 16.1 Å². The first-order valence-corrected chi connectivity index (χ1v) is 14.2. The Hall–Kier alpha value is -3.86. The average Bonchev–Trinajstić information content (AvgIpc) is 2.91. The summed E-state index contributed by atoms with van der Waals surface area (Å²) in [5.74, 6) is -1.16. The maximum Gasteiger partial charge on any atom is 0.416 e. The Labute approximate surface area is 232 Å².